The maximum absolute atomic E-state index is 12.7. The van der Waals surface area contributed by atoms with E-state index in [0.29, 0.717) is 24.5 Å². The van der Waals surface area contributed by atoms with E-state index in [4.69, 9.17) is 9.47 Å². The van der Waals surface area contributed by atoms with E-state index in [9.17, 15) is 19.8 Å². The molecule has 3 N–H and O–H groups in total. The van der Waals surface area contributed by atoms with Crippen molar-refractivity contribution in [2.75, 3.05) is 19.0 Å². The van der Waals surface area contributed by atoms with Gasteiger partial charge in [0.2, 0.25) is 5.91 Å². The molecule has 0 fully saturated rings. The molecule has 4 aromatic rings. The highest BCUT2D eigenvalue weighted by Crippen LogP contribution is 2.26. The van der Waals surface area contributed by atoms with Gasteiger partial charge in [-0.3, -0.25) is 9.69 Å². The van der Waals surface area contributed by atoms with Crippen LogP contribution < -0.4 is 14.8 Å². The number of para-hydroxylation sites is 2. The summed E-state index contributed by atoms with van der Waals surface area (Å²) in [6.07, 6.45) is 2.15. The molecule has 3 aromatic carbocycles. The minimum Gasteiger partial charge on any atom is -0.504 e. The molecule has 2 amide bonds. The number of rotatable bonds is 12. The van der Waals surface area contributed by atoms with Crippen molar-refractivity contribution in [3.8, 4) is 17.2 Å². The summed E-state index contributed by atoms with van der Waals surface area (Å²) in [6, 6.07) is 21.4. The Bertz CT molecular complexity index is 1420. The van der Waals surface area contributed by atoms with E-state index in [1.807, 2.05) is 47.2 Å². The van der Waals surface area contributed by atoms with Gasteiger partial charge in [0, 0.05) is 31.2 Å². The van der Waals surface area contributed by atoms with E-state index in [2.05, 4.69) is 10.3 Å². The van der Waals surface area contributed by atoms with Crippen molar-refractivity contribution in [3.63, 3.8) is 0 Å². The van der Waals surface area contributed by atoms with Gasteiger partial charge in [0.1, 0.15) is 11.6 Å². The third-order valence-corrected chi connectivity index (χ3v) is 6.36. The molecular weight excluding hydrogens is 512 g/mol. The highest BCUT2D eigenvalue weighted by Gasteiger charge is 2.21. The summed E-state index contributed by atoms with van der Waals surface area (Å²) in [6.45, 7) is 2.39. The van der Waals surface area contributed by atoms with Gasteiger partial charge in [0.25, 0.3) is 0 Å². The highest BCUT2D eigenvalue weighted by molar-refractivity contribution is 5.91. The molecule has 0 aliphatic carbocycles. The Balaban J connectivity index is 1.29. The van der Waals surface area contributed by atoms with E-state index in [1.165, 1.54) is 6.07 Å². The van der Waals surface area contributed by atoms with E-state index in [0.717, 1.165) is 21.8 Å². The summed E-state index contributed by atoms with van der Waals surface area (Å²) in [4.78, 5) is 30.0. The van der Waals surface area contributed by atoms with Gasteiger partial charge >= 0.3 is 6.09 Å². The van der Waals surface area contributed by atoms with Crippen molar-refractivity contribution in [2.24, 2.45) is 0 Å². The van der Waals surface area contributed by atoms with E-state index in [-0.39, 0.29) is 30.4 Å². The first-order chi connectivity index (χ1) is 19.3. The van der Waals surface area contributed by atoms with Crippen molar-refractivity contribution in [3.05, 3.63) is 102 Å². The first-order valence-corrected chi connectivity index (χ1v) is 12.8. The van der Waals surface area contributed by atoms with Crippen LogP contribution in [-0.4, -0.2) is 56.5 Å². The van der Waals surface area contributed by atoms with Crippen molar-refractivity contribution in [1.29, 1.82) is 0 Å². The van der Waals surface area contributed by atoms with Crippen LogP contribution in [0.4, 0.5) is 10.5 Å². The summed E-state index contributed by atoms with van der Waals surface area (Å²) in [5.74, 6) is 1.40. The first kappa shape index (κ1) is 28.0. The minimum atomic E-state index is -1.13. The predicted octanol–water partition coefficient (Wildman–Crippen LogP) is 4.77. The molecule has 0 saturated carbocycles. The summed E-state index contributed by atoms with van der Waals surface area (Å²) in [5, 5.41) is 22.5. The number of hydrogen-bond donors (Lipinski definition) is 3. The van der Waals surface area contributed by atoms with Gasteiger partial charge in [-0.25, -0.2) is 9.78 Å². The summed E-state index contributed by atoms with van der Waals surface area (Å²) in [5.41, 5.74) is 2.60. The Kier molecular flexibility index (Phi) is 9.24. The number of carboxylic acid groups (broad SMARTS) is 1. The number of aromatic hydroxyl groups is 1. The molecule has 0 saturated heterocycles. The van der Waals surface area contributed by atoms with Crippen molar-refractivity contribution in [2.45, 2.75) is 32.5 Å². The second-order valence-electron chi connectivity index (χ2n) is 9.15. The van der Waals surface area contributed by atoms with Crippen LogP contribution >= 0.6 is 0 Å². The second kappa shape index (κ2) is 13.2. The van der Waals surface area contributed by atoms with Crippen LogP contribution in [0.1, 0.15) is 23.9 Å². The fourth-order valence-electron chi connectivity index (χ4n) is 4.17. The van der Waals surface area contributed by atoms with E-state index >= 15 is 0 Å². The Hall–Kier alpha value is -4.99. The molecule has 0 radical (unpaired) electrons. The minimum absolute atomic E-state index is 0.0569. The molecule has 1 unspecified atom stereocenters. The Morgan fingerprint density at radius 2 is 1.73 bits per heavy atom. The van der Waals surface area contributed by atoms with Gasteiger partial charge in [-0.2, -0.15) is 0 Å². The van der Waals surface area contributed by atoms with Crippen LogP contribution in [0.3, 0.4) is 0 Å². The summed E-state index contributed by atoms with van der Waals surface area (Å²) >= 11 is 0. The molecule has 0 aliphatic rings. The van der Waals surface area contributed by atoms with Crippen LogP contribution in [0, 0.1) is 0 Å². The molecule has 0 spiro atoms. The highest BCUT2D eigenvalue weighted by atomic mass is 16.5. The SMILES string of the molecule is COc1ccc(Cn2ccnc2CC(=O)Nc2ccc(CCN(C(=O)O)C(C)Oc3ccccc3O)cc2)cc1. The quantitative estimate of drug-likeness (QED) is 0.219. The summed E-state index contributed by atoms with van der Waals surface area (Å²) < 4.78 is 12.8. The second-order valence-corrected chi connectivity index (χ2v) is 9.15. The zero-order valence-corrected chi connectivity index (χ0v) is 22.4. The first-order valence-electron chi connectivity index (χ1n) is 12.8. The molecule has 40 heavy (non-hydrogen) atoms. The standard InChI is InChI=1S/C30H32N4O6/c1-21(40-27-6-4-3-5-26(27)35)34(30(37)38)17-15-22-7-11-24(12-8-22)32-29(36)19-28-31-16-18-33(28)20-23-9-13-25(39-2)14-10-23/h3-14,16,18,21,35H,15,17,19-20H2,1-2H3,(H,32,36)(H,37,38). The lowest BCUT2D eigenvalue weighted by Gasteiger charge is -2.27. The Morgan fingerprint density at radius 3 is 2.40 bits per heavy atom. The maximum atomic E-state index is 12.7. The van der Waals surface area contributed by atoms with E-state index in [1.54, 1.807) is 50.6 Å². The molecule has 0 bridgehead atoms. The number of methoxy groups -OCH3 is 1. The molecule has 1 atom stereocenters. The largest absolute Gasteiger partial charge is 0.504 e. The number of imidazole rings is 1. The fourth-order valence-corrected chi connectivity index (χ4v) is 4.17. The number of aromatic nitrogens is 2. The number of nitrogens with zero attached hydrogens (tertiary/aromatic N) is 3. The van der Waals surface area contributed by atoms with Crippen LogP contribution in [0.2, 0.25) is 0 Å². The Morgan fingerprint density at radius 1 is 1.02 bits per heavy atom. The number of anilines is 1. The van der Waals surface area contributed by atoms with E-state index < -0.39 is 12.3 Å². The van der Waals surface area contributed by atoms with Gasteiger partial charge in [0.15, 0.2) is 17.7 Å². The fraction of sp³-hybridized carbons (Fsp3) is 0.233. The number of hydrogen-bond acceptors (Lipinski definition) is 6. The molecule has 10 heteroatoms. The zero-order valence-electron chi connectivity index (χ0n) is 22.4. The van der Waals surface area contributed by atoms with Crippen LogP contribution in [0.5, 0.6) is 17.2 Å². The number of ether oxygens (including phenoxy) is 2. The molecule has 10 nitrogen and oxygen atoms in total. The van der Waals surface area contributed by atoms with Gasteiger partial charge in [-0.1, -0.05) is 36.4 Å². The monoisotopic (exact) mass is 544 g/mol. The zero-order chi connectivity index (χ0) is 28.5. The molecular formula is C30H32N4O6. The average molecular weight is 545 g/mol. The van der Waals surface area contributed by atoms with Gasteiger partial charge in [-0.15, -0.1) is 0 Å². The van der Waals surface area contributed by atoms with Crippen LogP contribution in [-0.2, 0) is 24.2 Å². The number of carbonyl (C=O) groups is 2. The van der Waals surface area contributed by atoms with Crippen molar-refractivity contribution in [1.82, 2.24) is 14.5 Å². The average Bonchev–Trinajstić information content (AvgIpc) is 3.37. The maximum Gasteiger partial charge on any atom is 0.410 e. The number of carbonyl (C=O) groups excluding carboxylic acids is 1. The molecule has 208 valence electrons. The van der Waals surface area contributed by atoms with Crippen molar-refractivity contribution >= 4 is 17.7 Å². The Labute approximate surface area is 232 Å². The number of nitrogens with one attached hydrogen (secondary N) is 1. The van der Waals surface area contributed by atoms with Gasteiger partial charge in [0.05, 0.1) is 13.5 Å². The molecule has 0 aliphatic heterocycles. The normalized spacial score (nSPS) is 11.4. The lowest BCUT2D eigenvalue weighted by atomic mass is 10.1. The number of phenols is 1. The van der Waals surface area contributed by atoms with Gasteiger partial charge in [-0.05, 0) is 60.9 Å². The van der Waals surface area contributed by atoms with Crippen LogP contribution in [0.15, 0.2) is 85.2 Å². The van der Waals surface area contributed by atoms with Crippen molar-refractivity contribution < 1.29 is 29.3 Å². The number of amides is 2. The molecule has 1 heterocycles. The summed E-state index contributed by atoms with van der Waals surface area (Å²) in [7, 11) is 1.62. The third kappa shape index (κ3) is 7.53. The van der Waals surface area contributed by atoms with Crippen LogP contribution in [0.25, 0.3) is 0 Å². The topological polar surface area (TPSA) is 126 Å². The predicted molar refractivity (Wildman–Crippen MR) is 150 cm³/mol. The van der Waals surface area contributed by atoms with Gasteiger partial charge < -0.3 is 29.6 Å². The number of benzene rings is 3. The lowest BCUT2D eigenvalue weighted by Crippen LogP contribution is -2.42. The smallest absolute Gasteiger partial charge is 0.410 e. The molecule has 1 aromatic heterocycles. The lowest BCUT2D eigenvalue weighted by molar-refractivity contribution is -0.115. The third-order valence-electron chi connectivity index (χ3n) is 6.36. The number of phenolic OH excluding ortho intramolecular Hbond substituents is 1. The molecule has 4 rings (SSSR count).